The number of amides is 2. The van der Waals surface area contributed by atoms with Gasteiger partial charge in [-0.2, -0.15) is 0 Å². The fraction of sp³-hybridized carbons (Fsp3) is 0.357. The van der Waals surface area contributed by atoms with E-state index in [0.29, 0.717) is 0 Å². The lowest BCUT2D eigenvalue weighted by Crippen LogP contribution is -2.53. The molecule has 1 heterocycles. The molecule has 1 aliphatic rings. The summed E-state index contributed by atoms with van der Waals surface area (Å²) >= 11 is 0. The second-order valence-corrected chi connectivity index (χ2v) is 4.69. The average Bonchev–Trinajstić information content (AvgIpc) is 2.50. The van der Waals surface area contributed by atoms with Gasteiger partial charge in [0, 0.05) is 13.0 Å². The summed E-state index contributed by atoms with van der Waals surface area (Å²) in [5.74, 6) is -1.66. The highest BCUT2D eigenvalue weighted by Gasteiger charge is 2.34. The molecule has 0 unspecified atom stereocenters. The lowest BCUT2D eigenvalue weighted by molar-refractivity contribution is -0.142. The van der Waals surface area contributed by atoms with Crippen molar-refractivity contribution in [1.82, 2.24) is 10.2 Å². The van der Waals surface area contributed by atoms with Crippen LogP contribution < -0.4 is 5.32 Å². The Bertz CT molecular complexity index is 572. The van der Waals surface area contributed by atoms with Crippen LogP contribution in [0, 0.1) is 0 Å². The van der Waals surface area contributed by atoms with E-state index >= 15 is 0 Å². The molecule has 1 aromatic rings. The maximum absolute atomic E-state index is 12.1. The first-order chi connectivity index (χ1) is 10.0. The molecule has 1 atom stereocenters. The van der Waals surface area contributed by atoms with Crippen LogP contribution in [-0.2, 0) is 27.3 Å². The van der Waals surface area contributed by atoms with Crippen molar-refractivity contribution in [2.24, 2.45) is 0 Å². The number of hydrogen-bond acceptors (Lipinski definition) is 4. The van der Waals surface area contributed by atoms with Gasteiger partial charge < -0.3 is 20.1 Å². The van der Waals surface area contributed by atoms with E-state index in [2.05, 4.69) is 10.1 Å². The smallest absolute Gasteiger partial charge is 0.326 e. The molecule has 112 valence electrons. The van der Waals surface area contributed by atoms with Gasteiger partial charge in [0.15, 0.2) is 0 Å². The number of urea groups is 1. The lowest BCUT2D eigenvalue weighted by Gasteiger charge is -2.34. The molecule has 7 heteroatoms. The minimum atomic E-state index is -1.07. The molecule has 0 radical (unpaired) electrons. The quantitative estimate of drug-likeness (QED) is 0.785. The van der Waals surface area contributed by atoms with Crippen LogP contribution in [0.25, 0.3) is 0 Å². The van der Waals surface area contributed by atoms with Crippen LogP contribution in [-0.4, -0.2) is 47.7 Å². The van der Waals surface area contributed by atoms with Gasteiger partial charge in [0.05, 0.1) is 7.11 Å². The Balaban J connectivity index is 2.14. The average molecular weight is 292 g/mol. The summed E-state index contributed by atoms with van der Waals surface area (Å²) in [7, 11) is 1.21. The molecule has 0 aromatic heterocycles. The van der Waals surface area contributed by atoms with E-state index in [-0.39, 0.29) is 19.5 Å². The number of carboxylic acids is 1. The van der Waals surface area contributed by atoms with Gasteiger partial charge in [-0.3, -0.25) is 4.79 Å². The highest BCUT2D eigenvalue weighted by atomic mass is 16.5. The Morgan fingerprint density at radius 3 is 2.62 bits per heavy atom. The second-order valence-electron chi connectivity index (χ2n) is 4.69. The monoisotopic (exact) mass is 292 g/mol. The molecule has 7 nitrogen and oxygen atoms in total. The van der Waals surface area contributed by atoms with E-state index < -0.39 is 24.0 Å². The fourth-order valence-corrected chi connectivity index (χ4v) is 2.28. The topological polar surface area (TPSA) is 95.9 Å². The Morgan fingerprint density at radius 1 is 1.33 bits per heavy atom. The van der Waals surface area contributed by atoms with E-state index in [4.69, 9.17) is 0 Å². The summed E-state index contributed by atoms with van der Waals surface area (Å²) in [6.45, 7) is -0.0973. The van der Waals surface area contributed by atoms with Gasteiger partial charge in [-0.15, -0.1) is 0 Å². The molecule has 0 saturated heterocycles. The number of hydrogen-bond donors (Lipinski definition) is 2. The highest BCUT2D eigenvalue weighted by Crippen LogP contribution is 2.23. The van der Waals surface area contributed by atoms with Crippen molar-refractivity contribution in [1.29, 1.82) is 0 Å². The minimum Gasteiger partial charge on any atom is -0.480 e. The van der Waals surface area contributed by atoms with E-state index in [1.54, 1.807) is 0 Å². The molecule has 0 aliphatic carbocycles. The predicted octanol–water partition coefficient (Wildman–Crippen LogP) is 0.380. The Hall–Kier alpha value is -2.57. The van der Waals surface area contributed by atoms with Crippen LogP contribution in [0.4, 0.5) is 4.79 Å². The minimum absolute atomic E-state index is 0.195. The van der Waals surface area contributed by atoms with E-state index in [1.165, 1.54) is 12.0 Å². The summed E-state index contributed by atoms with van der Waals surface area (Å²) < 4.78 is 4.43. The van der Waals surface area contributed by atoms with Crippen LogP contribution in [0.15, 0.2) is 24.3 Å². The van der Waals surface area contributed by atoms with Gasteiger partial charge in [0.1, 0.15) is 12.6 Å². The molecule has 0 spiro atoms. The lowest BCUT2D eigenvalue weighted by atomic mass is 9.94. The molecule has 1 aliphatic heterocycles. The van der Waals surface area contributed by atoms with Crippen molar-refractivity contribution in [3.8, 4) is 0 Å². The Kier molecular flexibility index (Phi) is 4.42. The highest BCUT2D eigenvalue weighted by molar-refractivity contribution is 5.85. The molecule has 2 rings (SSSR count). The molecular weight excluding hydrogens is 276 g/mol. The summed E-state index contributed by atoms with van der Waals surface area (Å²) in [6.07, 6.45) is 0.247. The molecule has 2 N–H and O–H groups in total. The van der Waals surface area contributed by atoms with Crippen molar-refractivity contribution in [3.05, 3.63) is 35.4 Å². The van der Waals surface area contributed by atoms with Gasteiger partial charge in [-0.1, -0.05) is 24.3 Å². The number of ether oxygens (including phenoxy) is 1. The molecule has 21 heavy (non-hydrogen) atoms. The number of aliphatic carboxylic acids is 1. The maximum atomic E-state index is 12.1. The first-order valence-corrected chi connectivity index (χ1v) is 6.43. The molecule has 2 amide bonds. The summed E-state index contributed by atoms with van der Waals surface area (Å²) in [5, 5.41) is 11.7. The summed E-state index contributed by atoms with van der Waals surface area (Å²) in [4.78, 5) is 35.7. The zero-order chi connectivity index (χ0) is 15.4. The van der Waals surface area contributed by atoms with Crippen molar-refractivity contribution in [3.63, 3.8) is 0 Å². The van der Waals surface area contributed by atoms with Crippen molar-refractivity contribution < 1.29 is 24.2 Å². The molecule has 0 saturated carbocycles. The SMILES string of the molecule is COC(=O)CNC(=O)N1Cc2ccccc2C[C@H]1C(=O)O. The van der Waals surface area contributed by atoms with Crippen LogP contribution in [0.2, 0.25) is 0 Å². The third-order valence-electron chi connectivity index (χ3n) is 3.41. The molecule has 1 aromatic carbocycles. The number of nitrogens with zero attached hydrogens (tertiary/aromatic N) is 1. The van der Waals surface area contributed by atoms with Gasteiger partial charge in [-0.05, 0) is 11.1 Å². The van der Waals surface area contributed by atoms with Crippen LogP contribution in [0.5, 0.6) is 0 Å². The number of rotatable bonds is 3. The van der Waals surface area contributed by atoms with Crippen molar-refractivity contribution in [2.75, 3.05) is 13.7 Å². The number of fused-ring (bicyclic) bond motifs is 1. The van der Waals surface area contributed by atoms with E-state index in [9.17, 15) is 19.5 Å². The number of carbonyl (C=O) groups is 3. The zero-order valence-electron chi connectivity index (χ0n) is 11.5. The first kappa shape index (κ1) is 14.8. The number of nitrogens with one attached hydrogen (secondary N) is 1. The summed E-state index contributed by atoms with van der Waals surface area (Å²) in [6, 6.07) is 5.85. The Morgan fingerprint density at radius 2 is 2.00 bits per heavy atom. The molecule has 0 bridgehead atoms. The Labute approximate surface area is 121 Å². The largest absolute Gasteiger partial charge is 0.480 e. The van der Waals surface area contributed by atoms with Gasteiger partial charge in [-0.25, -0.2) is 9.59 Å². The van der Waals surface area contributed by atoms with Crippen LogP contribution in [0.3, 0.4) is 0 Å². The van der Waals surface area contributed by atoms with Gasteiger partial charge in [0.25, 0.3) is 0 Å². The van der Waals surface area contributed by atoms with Gasteiger partial charge >= 0.3 is 18.0 Å². The third kappa shape index (κ3) is 3.31. The summed E-state index contributed by atoms with van der Waals surface area (Å²) in [5.41, 5.74) is 1.82. The normalized spacial score (nSPS) is 16.8. The first-order valence-electron chi connectivity index (χ1n) is 6.43. The third-order valence-corrected chi connectivity index (χ3v) is 3.41. The predicted molar refractivity (Wildman–Crippen MR) is 72.5 cm³/mol. The number of esters is 1. The van der Waals surface area contributed by atoms with Gasteiger partial charge in [0.2, 0.25) is 0 Å². The van der Waals surface area contributed by atoms with E-state index in [1.807, 2.05) is 24.3 Å². The number of carboxylic acid groups (broad SMARTS) is 1. The second kappa shape index (κ2) is 6.25. The van der Waals surface area contributed by atoms with Crippen molar-refractivity contribution >= 4 is 18.0 Å². The standard InChI is InChI=1S/C14H16N2O5/c1-21-12(17)7-15-14(20)16-8-10-5-3-2-4-9(10)6-11(16)13(18)19/h2-5,11H,6-8H2,1H3,(H,15,20)(H,18,19)/t11-/m0/s1. The zero-order valence-corrected chi connectivity index (χ0v) is 11.5. The number of carbonyl (C=O) groups excluding carboxylic acids is 2. The molecular formula is C14H16N2O5. The number of benzene rings is 1. The van der Waals surface area contributed by atoms with Crippen LogP contribution >= 0.6 is 0 Å². The maximum Gasteiger partial charge on any atom is 0.326 e. The molecule has 0 fully saturated rings. The fourth-order valence-electron chi connectivity index (χ4n) is 2.28. The van der Waals surface area contributed by atoms with E-state index in [0.717, 1.165) is 11.1 Å². The number of methoxy groups -OCH3 is 1. The van der Waals surface area contributed by atoms with Crippen LogP contribution in [0.1, 0.15) is 11.1 Å². The van der Waals surface area contributed by atoms with Crippen molar-refractivity contribution in [2.45, 2.75) is 19.0 Å².